The summed E-state index contributed by atoms with van der Waals surface area (Å²) in [5.74, 6) is 0.983. The van der Waals surface area contributed by atoms with Crippen LogP contribution in [-0.4, -0.2) is 9.94 Å². The van der Waals surface area contributed by atoms with Gasteiger partial charge in [-0.1, -0.05) is 30.9 Å². The Hall–Kier alpha value is -0.990. The molecule has 0 spiro atoms. The molecule has 0 aromatic carbocycles. The molecule has 0 radical (unpaired) electrons. The normalized spacial score (nSPS) is 10.6. The van der Waals surface area contributed by atoms with E-state index >= 15 is 0 Å². The predicted molar refractivity (Wildman–Crippen MR) is 50.6 cm³/mol. The van der Waals surface area contributed by atoms with Gasteiger partial charge in [-0.25, -0.2) is 4.57 Å². The summed E-state index contributed by atoms with van der Waals surface area (Å²) in [5.41, 5.74) is 0. The van der Waals surface area contributed by atoms with Crippen molar-refractivity contribution in [2.24, 2.45) is 7.05 Å². The van der Waals surface area contributed by atoms with Crippen molar-refractivity contribution < 1.29 is 9.77 Å². The highest BCUT2D eigenvalue weighted by Crippen LogP contribution is 2.03. The smallest absolute Gasteiger partial charge is 0.296 e. The molecule has 1 aromatic heterocycles. The van der Waals surface area contributed by atoms with Gasteiger partial charge in [0.25, 0.3) is 5.82 Å². The molecule has 0 atom stereocenters. The Morgan fingerprint density at radius 3 is 2.69 bits per heavy atom. The summed E-state index contributed by atoms with van der Waals surface area (Å²) in [4.78, 5) is 0. The van der Waals surface area contributed by atoms with Crippen LogP contribution in [0.15, 0.2) is 12.4 Å². The van der Waals surface area contributed by atoms with Crippen molar-refractivity contribution in [1.29, 1.82) is 0 Å². The van der Waals surface area contributed by atoms with Gasteiger partial charge in [0.15, 0.2) is 6.20 Å². The molecule has 0 saturated heterocycles. The van der Waals surface area contributed by atoms with Crippen LogP contribution in [0.5, 0.6) is 0 Å². The minimum absolute atomic E-state index is 0.958. The molecule has 0 aliphatic carbocycles. The molecule has 0 amide bonds. The lowest BCUT2D eigenvalue weighted by molar-refractivity contribution is -0.680. The van der Waals surface area contributed by atoms with Crippen molar-refractivity contribution in [1.82, 2.24) is 4.73 Å². The van der Waals surface area contributed by atoms with E-state index in [1.165, 1.54) is 24.0 Å². The van der Waals surface area contributed by atoms with Crippen LogP contribution in [0.1, 0.15) is 38.4 Å². The second-order valence-electron chi connectivity index (χ2n) is 3.48. The number of hydrogen-bond donors (Lipinski definition) is 1. The van der Waals surface area contributed by atoms with Crippen LogP contribution in [-0.2, 0) is 13.5 Å². The van der Waals surface area contributed by atoms with E-state index in [0.717, 1.165) is 18.7 Å². The summed E-state index contributed by atoms with van der Waals surface area (Å²) >= 11 is 0. The molecule has 1 rings (SSSR count). The topological polar surface area (TPSA) is 29.0 Å². The summed E-state index contributed by atoms with van der Waals surface area (Å²) in [6, 6.07) is 0. The predicted octanol–water partition coefficient (Wildman–Crippen LogP) is 1.67. The van der Waals surface area contributed by atoms with Gasteiger partial charge >= 0.3 is 0 Å². The van der Waals surface area contributed by atoms with Crippen molar-refractivity contribution in [2.45, 2.75) is 39.0 Å². The highest BCUT2D eigenvalue weighted by atomic mass is 16.5. The fraction of sp³-hybridized carbons (Fsp3) is 0.700. The largest absolute Gasteiger partial charge is 0.350 e. The average Bonchev–Trinajstić information content (AvgIpc) is 2.42. The molecule has 1 N–H and O–H groups in total. The van der Waals surface area contributed by atoms with E-state index in [-0.39, 0.29) is 0 Å². The zero-order valence-corrected chi connectivity index (χ0v) is 8.53. The fourth-order valence-electron chi connectivity index (χ4n) is 1.50. The molecule has 0 aliphatic rings. The minimum atomic E-state index is 0.958. The molecule has 0 unspecified atom stereocenters. The standard InChI is InChI=1S/C10H19N2O/c1-3-4-5-6-7-10-11(2)8-9-12(10)13/h8-9,13H,3-7H2,1-2H3/q+1. The first kappa shape index (κ1) is 10.1. The van der Waals surface area contributed by atoms with Gasteiger partial charge in [0.05, 0.1) is 13.5 Å². The van der Waals surface area contributed by atoms with Gasteiger partial charge in [0.2, 0.25) is 0 Å². The van der Waals surface area contributed by atoms with Crippen molar-refractivity contribution in [3.8, 4) is 0 Å². The maximum atomic E-state index is 9.38. The zero-order chi connectivity index (χ0) is 9.68. The van der Waals surface area contributed by atoms with Crippen molar-refractivity contribution in [2.75, 3.05) is 0 Å². The monoisotopic (exact) mass is 183 g/mol. The molecular formula is C10H19N2O+. The van der Waals surface area contributed by atoms with Gasteiger partial charge < -0.3 is 5.21 Å². The Kier molecular flexibility index (Phi) is 3.80. The van der Waals surface area contributed by atoms with Crippen LogP contribution in [0.2, 0.25) is 0 Å². The Morgan fingerprint density at radius 1 is 1.38 bits per heavy atom. The van der Waals surface area contributed by atoms with Crippen molar-refractivity contribution in [3.63, 3.8) is 0 Å². The quantitative estimate of drug-likeness (QED) is 0.420. The summed E-state index contributed by atoms with van der Waals surface area (Å²) in [6.07, 6.45) is 9.46. The van der Waals surface area contributed by atoms with E-state index in [0.29, 0.717) is 0 Å². The van der Waals surface area contributed by atoms with Crippen molar-refractivity contribution >= 4 is 0 Å². The first-order valence-corrected chi connectivity index (χ1v) is 5.00. The van der Waals surface area contributed by atoms with Crippen LogP contribution in [0.3, 0.4) is 0 Å². The Balaban J connectivity index is 2.36. The van der Waals surface area contributed by atoms with E-state index in [9.17, 15) is 5.21 Å². The third-order valence-corrected chi connectivity index (χ3v) is 2.36. The van der Waals surface area contributed by atoms with Gasteiger partial charge in [0.1, 0.15) is 6.20 Å². The highest BCUT2D eigenvalue weighted by molar-refractivity contribution is 4.79. The van der Waals surface area contributed by atoms with Crippen molar-refractivity contribution in [3.05, 3.63) is 18.2 Å². The Bertz CT molecular complexity index is 236. The lowest BCUT2D eigenvalue weighted by Crippen LogP contribution is -2.31. The molecule has 1 heterocycles. The maximum Gasteiger partial charge on any atom is 0.296 e. The molecule has 3 nitrogen and oxygen atoms in total. The summed E-state index contributed by atoms with van der Waals surface area (Å²) in [7, 11) is 1.96. The van der Waals surface area contributed by atoms with Crippen LogP contribution < -0.4 is 4.57 Å². The second kappa shape index (κ2) is 4.90. The van der Waals surface area contributed by atoms with E-state index in [2.05, 4.69) is 6.92 Å². The summed E-state index contributed by atoms with van der Waals surface area (Å²) in [5, 5.41) is 9.38. The van der Waals surface area contributed by atoms with E-state index in [4.69, 9.17) is 0 Å². The lowest BCUT2D eigenvalue weighted by Gasteiger charge is -1.97. The molecule has 0 saturated carbocycles. The third-order valence-electron chi connectivity index (χ3n) is 2.36. The SMILES string of the molecule is CCCCCCc1n(O)cc[n+]1C. The summed E-state index contributed by atoms with van der Waals surface area (Å²) in [6.45, 7) is 2.20. The van der Waals surface area contributed by atoms with E-state index < -0.39 is 0 Å². The number of imidazole rings is 1. The van der Waals surface area contributed by atoms with E-state index in [1.807, 2.05) is 17.8 Å². The zero-order valence-electron chi connectivity index (χ0n) is 8.53. The first-order chi connectivity index (χ1) is 6.25. The molecular weight excluding hydrogens is 164 g/mol. The van der Waals surface area contributed by atoms with Crippen LogP contribution in [0.25, 0.3) is 0 Å². The van der Waals surface area contributed by atoms with Gasteiger partial charge in [-0.15, -0.1) is 0 Å². The Morgan fingerprint density at radius 2 is 2.15 bits per heavy atom. The number of aryl methyl sites for hydroxylation is 1. The van der Waals surface area contributed by atoms with Gasteiger partial charge in [-0.05, 0) is 6.42 Å². The molecule has 74 valence electrons. The fourth-order valence-corrected chi connectivity index (χ4v) is 1.50. The Labute approximate surface area is 79.6 Å². The molecule has 0 aliphatic heterocycles. The van der Waals surface area contributed by atoms with Crippen LogP contribution >= 0.6 is 0 Å². The molecule has 13 heavy (non-hydrogen) atoms. The number of rotatable bonds is 5. The van der Waals surface area contributed by atoms with Gasteiger partial charge in [-0.3, -0.25) is 0 Å². The molecule has 0 bridgehead atoms. The minimum Gasteiger partial charge on any atom is -0.350 e. The molecule has 1 aromatic rings. The molecule has 0 fully saturated rings. The van der Waals surface area contributed by atoms with Gasteiger partial charge in [0, 0.05) is 0 Å². The third kappa shape index (κ3) is 2.76. The highest BCUT2D eigenvalue weighted by Gasteiger charge is 2.12. The van der Waals surface area contributed by atoms with E-state index in [1.54, 1.807) is 6.20 Å². The first-order valence-electron chi connectivity index (χ1n) is 5.00. The maximum absolute atomic E-state index is 9.38. The van der Waals surface area contributed by atoms with Gasteiger partial charge in [-0.2, -0.15) is 0 Å². The summed E-state index contributed by atoms with van der Waals surface area (Å²) < 4.78 is 3.18. The van der Waals surface area contributed by atoms with Crippen LogP contribution in [0.4, 0.5) is 0 Å². The molecule has 3 heteroatoms. The second-order valence-corrected chi connectivity index (χ2v) is 3.48. The lowest BCUT2D eigenvalue weighted by atomic mass is 10.1. The number of unbranched alkanes of at least 4 members (excludes halogenated alkanes) is 3. The average molecular weight is 183 g/mol. The number of hydrogen-bond acceptors (Lipinski definition) is 1. The number of nitrogens with zero attached hydrogens (tertiary/aromatic N) is 2. The van der Waals surface area contributed by atoms with Crippen LogP contribution in [0, 0.1) is 0 Å². The number of aromatic nitrogens is 2.